The van der Waals surface area contributed by atoms with Gasteiger partial charge in [0.05, 0.1) is 10.2 Å². The zero-order valence-corrected chi connectivity index (χ0v) is 11.3. The van der Waals surface area contributed by atoms with E-state index in [1.54, 1.807) is 4.72 Å². The summed E-state index contributed by atoms with van der Waals surface area (Å²) in [7, 11) is -4.34. The summed E-state index contributed by atoms with van der Waals surface area (Å²) in [5.74, 6) is -3.50. The highest BCUT2D eigenvalue weighted by Gasteiger charge is 2.28. The van der Waals surface area contributed by atoms with Gasteiger partial charge >= 0.3 is 5.97 Å². The number of hydrogen-bond acceptors (Lipinski definition) is 3. The topological polar surface area (TPSA) is 83.5 Å². The van der Waals surface area contributed by atoms with E-state index in [0.717, 1.165) is 13.0 Å². The normalized spacial score (nSPS) is 13.1. The molecule has 2 N–H and O–H groups in total. The van der Waals surface area contributed by atoms with Gasteiger partial charge in [-0.2, -0.15) is 0 Å². The van der Waals surface area contributed by atoms with Crippen molar-refractivity contribution in [2.24, 2.45) is 0 Å². The molecule has 0 aliphatic carbocycles. The number of carboxylic acids is 1. The van der Waals surface area contributed by atoms with Crippen LogP contribution in [0.25, 0.3) is 0 Å². The average Bonchev–Trinajstić information content (AvgIpc) is 2.24. The third kappa shape index (κ3) is 3.16. The fourth-order valence-electron chi connectivity index (χ4n) is 0.975. The number of sulfonamides is 1. The van der Waals surface area contributed by atoms with Crippen molar-refractivity contribution in [2.75, 3.05) is 4.72 Å². The first-order valence-corrected chi connectivity index (χ1v) is 6.88. The molecule has 0 saturated carbocycles. The Balaban J connectivity index is 3.13. The van der Waals surface area contributed by atoms with Crippen molar-refractivity contribution in [3.63, 3.8) is 0 Å². The molecule has 5 nitrogen and oxygen atoms in total. The summed E-state index contributed by atoms with van der Waals surface area (Å²) in [6, 6.07) is 1.35. The number of halogens is 3. The molecule has 9 heteroatoms. The van der Waals surface area contributed by atoms with Crippen molar-refractivity contribution in [3.05, 3.63) is 28.2 Å². The number of anilines is 1. The van der Waals surface area contributed by atoms with E-state index in [4.69, 9.17) is 5.11 Å². The summed E-state index contributed by atoms with van der Waals surface area (Å²) in [5, 5.41) is 6.78. The molecule has 1 aromatic carbocycles. The SMILES string of the molecule is CC(C(=O)O)S(=O)(=O)Nc1cc(F)c(Br)cc1F. The number of nitrogens with one attached hydrogen (secondary N) is 1. The van der Waals surface area contributed by atoms with Crippen LogP contribution in [0.3, 0.4) is 0 Å². The Morgan fingerprint density at radius 3 is 2.44 bits per heavy atom. The first-order valence-electron chi connectivity index (χ1n) is 4.54. The van der Waals surface area contributed by atoms with Crippen LogP contribution in [0.1, 0.15) is 6.92 Å². The maximum absolute atomic E-state index is 13.4. The second-order valence-electron chi connectivity index (χ2n) is 3.37. The second kappa shape index (κ2) is 5.19. The zero-order chi connectivity index (χ0) is 14.1. The van der Waals surface area contributed by atoms with Crippen molar-refractivity contribution in [3.8, 4) is 0 Å². The van der Waals surface area contributed by atoms with E-state index in [-0.39, 0.29) is 4.47 Å². The van der Waals surface area contributed by atoms with Crippen LogP contribution >= 0.6 is 15.9 Å². The number of carboxylic acid groups (broad SMARTS) is 1. The van der Waals surface area contributed by atoms with Gasteiger partial charge in [0.1, 0.15) is 11.6 Å². The molecular formula is C9H8BrF2NO4S. The maximum Gasteiger partial charge on any atom is 0.323 e. The van der Waals surface area contributed by atoms with E-state index in [1.807, 2.05) is 0 Å². The highest BCUT2D eigenvalue weighted by molar-refractivity contribution is 9.10. The Bertz CT molecular complexity index is 590. The van der Waals surface area contributed by atoms with Crippen molar-refractivity contribution in [1.82, 2.24) is 0 Å². The molecule has 1 unspecified atom stereocenters. The molecule has 0 spiro atoms. The number of aliphatic carboxylic acids is 1. The summed E-state index contributed by atoms with van der Waals surface area (Å²) in [4.78, 5) is 10.5. The lowest BCUT2D eigenvalue weighted by Crippen LogP contribution is -2.32. The van der Waals surface area contributed by atoms with Crippen LogP contribution in [0, 0.1) is 11.6 Å². The van der Waals surface area contributed by atoms with Crippen molar-refractivity contribution in [2.45, 2.75) is 12.2 Å². The Kier molecular flexibility index (Phi) is 4.28. The third-order valence-corrected chi connectivity index (χ3v) is 4.32. The molecule has 0 heterocycles. The monoisotopic (exact) mass is 343 g/mol. The molecule has 0 radical (unpaired) electrons. The van der Waals surface area contributed by atoms with Gasteiger partial charge in [0, 0.05) is 6.07 Å². The van der Waals surface area contributed by atoms with Gasteiger partial charge in [0.15, 0.2) is 5.25 Å². The molecule has 0 fully saturated rings. The Morgan fingerprint density at radius 1 is 1.39 bits per heavy atom. The second-order valence-corrected chi connectivity index (χ2v) is 6.23. The van der Waals surface area contributed by atoms with Crippen LogP contribution in [0.15, 0.2) is 16.6 Å². The van der Waals surface area contributed by atoms with Crippen LogP contribution in [-0.4, -0.2) is 24.7 Å². The minimum Gasteiger partial charge on any atom is -0.480 e. The third-order valence-electron chi connectivity index (χ3n) is 2.08. The predicted molar refractivity (Wildman–Crippen MR) is 63.7 cm³/mol. The molecule has 0 aromatic heterocycles. The van der Waals surface area contributed by atoms with Crippen LogP contribution in [-0.2, 0) is 14.8 Å². The van der Waals surface area contributed by atoms with Gasteiger partial charge in [-0.3, -0.25) is 9.52 Å². The Hall–Kier alpha value is -1.22. The first kappa shape index (κ1) is 14.8. The molecule has 100 valence electrons. The molecule has 0 amide bonds. The lowest BCUT2D eigenvalue weighted by molar-refractivity contribution is -0.136. The average molecular weight is 344 g/mol. The van der Waals surface area contributed by atoms with Crippen LogP contribution in [0.2, 0.25) is 0 Å². The highest BCUT2D eigenvalue weighted by atomic mass is 79.9. The summed E-state index contributed by atoms with van der Waals surface area (Å²) >= 11 is 2.73. The van der Waals surface area contributed by atoms with Gasteiger partial charge in [-0.15, -0.1) is 0 Å². The number of carbonyl (C=O) groups is 1. The summed E-state index contributed by atoms with van der Waals surface area (Å²) in [6.07, 6.45) is 0. The zero-order valence-electron chi connectivity index (χ0n) is 8.95. The molecule has 1 aromatic rings. The molecule has 1 atom stereocenters. The highest BCUT2D eigenvalue weighted by Crippen LogP contribution is 2.24. The minimum atomic E-state index is -4.34. The molecule has 0 saturated heterocycles. The standard InChI is InChI=1S/C9H8BrF2NO4S/c1-4(9(14)15)18(16,17)13-8-3-6(11)5(10)2-7(8)12/h2-4,13H,1H3,(H,14,15). The maximum atomic E-state index is 13.4. The van der Waals surface area contributed by atoms with E-state index >= 15 is 0 Å². The lowest BCUT2D eigenvalue weighted by atomic mass is 10.3. The summed E-state index contributed by atoms with van der Waals surface area (Å²) < 4.78 is 51.0. The van der Waals surface area contributed by atoms with Gasteiger partial charge < -0.3 is 5.11 Å². The minimum absolute atomic E-state index is 0.172. The van der Waals surface area contributed by atoms with Gasteiger partial charge in [-0.05, 0) is 28.9 Å². The molecule has 1 rings (SSSR count). The first-order chi connectivity index (χ1) is 8.15. The number of hydrogen-bond donors (Lipinski definition) is 2. The molecular weight excluding hydrogens is 336 g/mol. The lowest BCUT2D eigenvalue weighted by Gasteiger charge is -2.12. The van der Waals surface area contributed by atoms with E-state index in [9.17, 15) is 22.0 Å². The van der Waals surface area contributed by atoms with Crippen molar-refractivity contribution >= 4 is 37.6 Å². The number of benzene rings is 1. The number of rotatable bonds is 4. The molecule has 0 aliphatic heterocycles. The summed E-state index contributed by atoms with van der Waals surface area (Å²) in [6.45, 7) is 0.914. The van der Waals surface area contributed by atoms with Gasteiger partial charge in [0.25, 0.3) is 0 Å². The van der Waals surface area contributed by atoms with E-state index in [1.165, 1.54) is 0 Å². The van der Waals surface area contributed by atoms with Crippen LogP contribution < -0.4 is 4.72 Å². The van der Waals surface area contributed by atoms with Gasteiger partial charge in [0.2, 0.25) is 10.0 Å². The molecule has 0 aliphatic rings. The van der Waals surface area contributed by atoms with Gasteiger partial charge in [-0.25, -0.2) is 17.2 Å². The Labute approximate surface area is 110 Å². The van der Waals surface area contributed by atoms with E-state index in [2.05, 4.69) is 15.9 Å². The summed E-state index contributed by atoms with van der Waals surface area (Å²) in [5.41, 5.74) is -0.649. The largest absolute Gasteiger partial charge is 0.480 e. The molecule has 18 heavy (non-hydrogen) atoms. The van der Waals surface area contributed by atoms with Crippen molar-refractivity contribution in [1.29, 1.82) is 0 Å². The van der Waals surface area contributed by atoms with Crippen LogP contribution in [0.5, 0.6) is 0 Å². The smallest absolute Gasteiger partial charge is 0.323 e. The fourth-order valence-corrected chi connectivity index (χ4v) is 2.20. The van der Waals surface area contributed by atoms with E-state index in [0.29, 0.717) is 6.07 Å². The van der Waals surface area contributed by atoms with Gasteiger partial charge in [-0.1, -0.05) is 0 Å². The van der Waals surface area contributed by atoms with E-state index < -0.39 is 38.6 Å². The Morgan fingerprint density at radius 2 is 1.94 bits per heavy atom. The fraction of sp³-hybridized carbons (Fsp3) is 0.222. The molecule has 0 bridgehead atoms. The van der Waals surface area contributed by atoms with Crippen molar-refractivity contribution < 1.29 is 27.1 Å². The predicted octanol–water partition coefficient (Wildman–Crippen LogP) is 1.94. The quantitative estimate of drug-likeness (QED) is 0.818. The van der Waals surface area contributed by atoms with Crippen LogP contribution in [0.4, 0.5) is 14.5 Å².